The SMILES string of the molecule is Nc1cnc(NC(=O)c2cc(I)ccc2O)c(Br)c1. The third-order valence-corrected chi connectivity index (χ3v) is 3.57. The van der Waals surface area contributed by atoms with Gasteiger partial charge in [-0.1, -0.05) is 0 Å². The highest BCUT2D eigenvalue weighted by Gasteiger charge is 2.14. The minimum atomic E-state index is -0.436. The van der Waals surface area contributed by atoms with Gasteiger partial charge in [0.15, 0.2) is 0 Å². The first-order chi connectivity index (χ1) is 8.97. The Morgan fingerprint density at radius 3 is 2.84 bits per heavy atom. The van der Waals surface area contributed by atoms with E-state index in [1.165, 1.54) is 12.3 Å². The minimum Gasteiger partial charge on any atom is -0.507 e. The molecular weight excluding hydrogens is 425 g/mol. The smallest absolute Gasteiger partial charge is 0.260 e. The maximum atomic E-state index is 12.1. The average molecular weight is 434 g/mol. The van der Waals surface area contributed by atoms with Gasteiger partial charge in [-0.3, -0.25) is 4.79 Å². The number of nitrogen functional groups attached to an aromatic ring is 1. The number of anilines is 2. The molecule has 0 saturated heterocycles. The van der Waals surface area contributed by atoms with Gasteiger partial charge in [-0.15, -0.1) is 0 Å². The number of rotatable bonds is 2. The summed E-state index contributed by atoms with van der Waals surface area (Å²) in [6.45, 7) is 0. The molecule has 0 fully saturated rings. The first kappa shape index (κ1) is 14.1. The Balaban J connectivity index is 2.28. The molecule has 0 radical (unpaired) electrons. The standard InChI is InChI=1S/C12H9BrIN3O2/c13-9-4-7(15)5-16-11(9)17-12(19)8-3-6(14)1-2-10(8)18/h1-5,18H,15H2,(H,16,17,19). The molecule has 0 spiro atoms. The molecule has 0 bridgehead atoms. The predicted octanol–water partition coefficient (Wildman–Crippen LogP) is 2.99. The molecule has 0 aliphatic heterocycles. The molecular formula is C12H9BrIN3O2. The van der Waals surface area contributed by atoms with E-state index in [0.29, 0.717) is 16.0 Å². The Labute approximate surface area is 131 Å². The maximum Gasteiger partial charge on any atom is 0.260 e. The number of nitrogens with zero attached hydrogens (tertiary/aromatic N) is 1. The number of pyridine rings is 1. The number of carbonyl (C=O) groups excluding carboxylic acids is 1. The second kappa shape index (κ2) is 5.74. The third-order valence-electron chi connectivity index (χ3n) is 2.30. The summed E-state index contributed by atoms with van der Waals surface area (Å²) in [6.07, 6.45) is 1.44. The van der Waals surface area contributed by atoms with Crippen molar-refractivity contribution >= 4 is 55.9 Å². The van der Waals surface area contributed by atoms with Gasteiger partial charge in [0.2, 0.25) is 0 Å². The van der Waals surface area contributed by atoms with Crippen LogP contribution >= 0.6 is 38.5 Å². The van der Waals surface area contributed by atoms with Crippen LogP contribution in [0.5, 0.6) is 5.75 Å². The summed E-state index contributed by atoms with van der Waals surface area (Å²) >= 11 is 5.32. The van der Waals surface area contributed by atoms with Crippen molar-refractivity contribution in [2.24, 2.45) is 0 Å². The zero-order chi connectivity index (χ0) is 14.0. The second-order valence-electron chi connectivity index (χ2n) is 3.71. The van der Waals surface area contributed by atoms with Crippen molar-refractivity contribution in [3.63, 3.8) is 0 Å². The summed E-state index contributed by atoms with van der Waals surface area (Å²) in [6, 6.07) is 6.42. The van der Waals surface area contributed by atoms with Gasteiger partial charge >= 0.3 is 0 Å². The Kier molecular flexibility index (Phi) is 4.25. The average Bonchev–Trinajstić information content (AvgIpc) is 2.35. The van der Waals surface area contributed by atoms with E-state index in [4.69, 9.17) is 5.73 Å². The number of nitrogens with two attached hydrogens (primary N) is 1. The quantitative estimate of drug-likeness (QED) is 0.635. The molecule has 7 heteroatoms. The van der Waals surface area contributed by atoms with E-state index < -0.39 is 5.91 Å². The number of hydrogen-bond acceptors (Lipinski definition) is 4. The number of amides is 1. The fraction of sp³-hybridized carbons (Fsp3) is 0. The monoisotopic (exact) mass is 433 g/mol. The van der Waals surface area contributed by atoms with Crippen molar-refractivity contribution in [2.45, 2.75) is 0 Å². The molecule has 2 aromatic rings. The van der Waals surface area contributed by atoms with E-state index in [1.807, 2.05) is 0 Å². The highest BCUT2D eigenvalue weighted by Crippen LogP contribution is 2.24. The van der Waals surface area contributed by atoms with Crippen LogP contribution in [0, 0.1) is 3.57 Å². The van der Waals surface area contributed by atoms with Crippen molar-refractivity contribution in [2.75, 3.05) is 11.1 Å². The van der Waals surface area contributed by atoms with Crippen LogP contribution in [0.2, 0.25) is 0 Å². The molecule has 0 aliphatic rings. The minimum absolute atomic E-state index is 0.0792. The molecule has 1 heterocycles. The fourth-order valence-corrected chi connectivity index (χ4v) is 2.37. The number of hydrogen-bond donors (Lipinski definition) is 3. The van der Waals surface area contributed by atoms with Crippen LogP contribution < -0.4 is 11.1 Å². The largest absolute Gasteiger partial charge is 0.507 e. The first-order valence-electron chi connectivity index (χ1n) is 5.18. The second-order valence-corrected chi connectivity index (χ2v) is 5.81. The molecule has 1 amide bonds. The number of aromatic hydroxyl groups is 1. The molecule has 1 aromatic carbocycles. The highest BCUT2D eigenvalue weighted by atomic mass is 127. The molecule has 0 saturated carbocycles. The molecule has 19 heavy (non-hydrogen) atoms. The number of nitrogens with one attached hydrogen (secondary N) is 1. The van der Waals surface area contributed by atoms with Crippen LogP contribution in [0.15, 0.2) is 34.9 Å². The lowest BCUT2D eigenvalue weighted by molar-refractivity contribution is 0.102. The zero-order valence-corrected chi connectivity index (χ0v) is 13.3. The van der Waals surface area contributed by atoms with Gasteiger partial charge in [0.1, 0.15) is 11.6 Å². The van der Waals surface area contributed by atoms with Gasteiger partial charge in [0, 0.05) is 3.57 Å². The van der Waals surface area contributed by atoms with Gasteiger partial charge in [0.05, 0.1) is 21.9 Å². The molecule has 5 nitrogen and oxygen atoms in total. The number of aromatic nitrogens is 1. The lowest BCUT2D eigenvalue weighted by Crippen LogP contribution is -2.14. The molecule has 98 valence electrons. The van der Waals surface area contributed by atoms with E-state index in [-0.39, 0.29) is 11.3 Å². The Morgan fingerprint density at radius 1 is 1.42 bits per heavy atom. The summed E-state index contributed by atoms with van der Waals surface area (Å²) in [7, 11) is 0. The van der Waals surface area contributed by atoms with Crippen molar-refractivity contribution in [1.82, 2.24) is 4.98 Å². The van der Waals surface area contributed by atoms with Gasteiger partial charge in [-0.05, 0) is 62.8 Å². The van der Waals surface area contributed by atoms with Crippen LogP contribution in [0.25, 0.3) is 0 Å². The lowest BCUT2D eigenvalue weighted by Gasteiger charge is -2.08. The van der Waals surface area contributed by atoms with Crippen LogP contribution in [0.1, 0.15) is 10.4 Å². The molecule has 2 rings (SSSR count). The van der Waals surface area contributed by atoms with Crippen molar-refractivity contribution in [1.29, 1.82) is 0 Å². The van der Waals surface area contributed by atoms with E-state index in [1.54, 1.807) is 18.2 Å². The topological polar surface area (TPSA) is 88.2 Å². The van der Waals surface area contributed by atoms with E-state index in [9.17, 15) is 9.90 Å². The third kappa shape index (κ3) is 3.35. The summed E-state index contributed by atoms with van der Waals surface area (Å²) in [5.41, 5.74) is 6.25. The predicted molar refractivity (Wildman–Crippen MR) is 85.1 cm³/mol. The number of phenols is 1. The van der Waals surface area contributed by atoms with Crippen LogP contribution in [-0.4, -0.2) is 16.0 Å². The Bertz CT molecular complexity index is 649. The number of phenolic OH excluding ortho intramolecular Hbond substituents is 1. The van der Waals surface area contributed by atoms with Gasteiger partial charge in [-0.25, -0.2) is 4.98 Å². The van der Waals surface area contributed by atoms with Gasteiger partial charge < -0.3 is 16.2 Å². The van der Waals surface area contributed by atoms with Crippen LogP contribution in [0.4, 0.5) is 11.5 Å². The van der Waals surface area contributed by atoms with Crippen molar-refractivity contribution in [3.8, 4) is 5.75 Å². The van der Waals surface area contributed by atoms with Gasteiger partial charge in [0.25, 0.3) is 5.91 Å². The molecule has 0 atom stereocenters. The summed E-state index contributed by atoms with van der Waals surface area (Å²) < 4.78 is 1.43. The summed E-state index contributed by atoms with van der Waals surface area (Å²) in [4.78, 5) is 16.1. The van der Waals surface area contributed by atoms with Crippen molar-refractivity contribution in [3.05, 3.63) is 44.1 Å². The van der Waals surface area contributed by atoms with Crippen LogP contribution in [0.3, 0.4) is 0 Å². The van der Waals surface area contributed by atoms with Crippen molar-refractivity contribution < 1.29 is 9.90 Å². The Hall–Kier alpha value is -1.35. The van der Waals surface area contributed by atoms with E-state index in [2.05, 4.69) is 48.8 Å². The molecule has 0 aliphatic carbocycles. The number of halogens is 2. The Morgan fingerprint density at radius 2 is 2.16 bits per heavy atom. The van der Waals surface area contributed by atoms with E-state index in [0.717, 1.165) is 3.57 Å². The lowest BCUT2D eigenvalue weighted by atomic mass is 10.2. The normalized spacial score (nSPS) is 10.2. The van der Waals surface area contributed by atoms with E-state index >= 15 is 0 Å². The highest BCUT2D eigenvalue weighted by molar-refractivity contribution is 14.1. The molecule has 0 unspecified atom stereocenters. The maximum absolute atomic E-state index is 12.1. The summed E-state index contributed by atoms with van der Waals surface area (Å²) in [5, 5.41) is 12.3. The van der Waals surface area contributed by atoms with Gasteiger partial charge in [-0.2, -0.15) is 0 Å². The molecule has 4 N–H and O–H groups in total. The zero-order valence-electron chi connectivity index (χ0n) is 9.52. The number of benzene rings is 1. The fourth-order valence-electron chi connectivity index (χ4n) is 1.41. The summed E-state index contributed by atoms with van der Waals surface area (Å²) in [5.74, 6) is -0.170. The number of carbonyl (C=O) groups is 1. The first-order valence-corrected chi connectivity index (χ1v) is 7.05. The molecule has 1 aromatic heterocycles. The van der Waals surface area contributed by atoms with Crippen LogP contribution in [-0.2, 0) is 0 Å².